The number of amides is 1. The number of carbonyl (C=O) groups excluding carboxylic acids is 1. The van der Waals surface area contributed by atoms with E-state index in [4.69, 9.17) is 10.2 Å². The Kier molecular flexibility index (Phi) is 3.02. The van der Waals surface area contributed by atoms with Gasteiger partial charge in [0.2, 0.25) is 5.91 Å². The lowest BCUT2D eigenvalue weighted by atomic mass is 10.3. The van der Waals surface area contributed by atoms with Crippen molar-refractivity contribution in [3.8, 4) is 0 Å². The van der Waals surface area contributed by atoms with E-state index in [1.54, 1.807) is 0 Å². The molecule has 1 saturated heterocycles. The quantitative estimate of drug-likeness (QED) is 0.476. The van der Waals surface area contributed by atoms with Crippen molar-refractivity contribution >= 4 is 5.91 Å². The molecule has 1 fully saturated rings. The number of carbonyl (C=O) groups is 1. The third-order valence-electron chi connectivity index (χ3n) is 1.96. The Labute approximate surface area is 70.2 Å². The van der Waals surface area contributed by atoms with Crippen molar-refractivity contribution in [2.45, 2.75) is 25.2 Å². The zero-order chi connectivity index (χ0) is 9.14. The first kappa shape index (κ1) is 9.44. The molecule has 0 aromatic heterocycles. The lowest BCUT2D eigenvalue weighted by Crippen LogP contribution is -2.45. The van der Waals surface area contributed by atoms with Gasteiger partial charge < -0.3 is 20.2 Å². The third kappa shape index (κ3) is 1.74. The van der Waals surface area contributed by atoms with Gasteiger partial charge in [-0.25, -0.2) is 0 Å². The molecule has 0 saturated carbocycles. The summed E-state index contributed by atoms with van der Waals surface area (Å²) in [6, 6.07) is 0. The van der Waals surface area contributed by atoms with E-state index in [1.807, 2.05) is 0 Å². The second-order valence-electron chi connectivity index (χ2n) is 2.85. The molecule has 1 aliphatic heterocycles. The fourth-order valence-corrected chi connectivity index (χ4v) is 1.25. The summed E-state index contributed by atoms with van der Waals surface area (Å²) in [5.41, 5.74) is 0. The van der Waals surface area contributed by atoms with Gasteiger partial charge in [-0.15, -0.1) is 0 Å². The monoisotopic (exact) mass is 175 g/mol. The largest absolute Gasteiger partial charge is 0.394 e. The molecule has 0 bridgehead atoms. The number of likely N-dealkylation sites (tertiary alicyclic amines) is 1. The fraction of sp³-hybridized carbons (Fsp3) is 0.857. The maximum absolute atomic E-state index is 11.0. The van der Waals surface area contributed by atoms with Crippen molar-refractivity contribution in [2.24, 2.45) is 0 Å². The van der Waals surface area contributed by atoms with Gasteiger partial charge in [-0.1, -0.05) is 0 Å². The van der Waals surface area contributed by atoms with Crippen LogP contribution in [0.4, 0.5) is 0 Å². The first-order valence-electron chi connectivity index (χ1n) is 3.93. The van der Waals surface area contributed by atoms with E-state index in [0.717, 1.165) is 0 Å². The van der Waals surface area contributed by atoms with Gasteiger partial charge in [0.1, 0.15) is 6.10 Å². The molecule has 0 aromatic rings. The summed E-state index contributed by atoms with van der Waals surface area (Å²) in [6.45, 7) is -0.0813. The molecule has 5 nitrogen and oxygen atoms in total. The minimum absolute atomic E-state index is 0.171. The van der Waals surface area contributed by atoms with Crippen molar-refractivity contribution in [3.05, 3.63) is 0 Å². The molecular formula is C7H13NO4. The molecule has 0 radical (unpaired) electrons. The van der Waals surface area contributed by atoms with E-state index in [0.29, 0.717) is 19.4 Å². The summed E-state index contributed by atoms with van der Waals surface area (Å²) < 4.78 is 0. The van der Waals surface area contributed by atoms with Crippen LogP contribution in [0.1, 0.15) is 12.8 Å². The van der Waals surface area contributed by atoms with Crippen molar-refractivity contribution in [1.29, 1.82) is 0 Å². The van der Waals surface area contributed by atoms with E-state index < -0.39 is 18.9 Å². The third-order valence-corrected chi connectivity index (χ3v) is 1.96. The van der Waals surface area contributed by atoms with Crippen LogP contribution in [-0.2, 0) is 4.79 Å². The molecule has 1 rings (SSSR count). The molecule has 0 spiro atoms. The smallest absolute Gasteiger partial charge is 0.224 e. The normalized spacial score (nSPS) is 22.9. The minimum Gasteiger partial charge on any atom is -0.394 e. The van der Waals surface area contributed by atoms with E-state index in [1.165, 1.54) is 4.90 Å². The van der Waals surface area contributed by atoms with Crippen LogP contribution in [0.3, 0.4) is 0 Å². The molecule has 1 heterocycles. The Morgan fingerprint density at radius 3 is 2.58 bits per heavy atom. The highest BCUT2D eigenvalue weighted by Crippen LogP contribution is 2.13. The topological polar surface area (TPSA) is 81.0 Å². The summed E-state index contributed by atoms with van der Waals surface area (Å²) in [6.07, 6.45) is -1.40. The molecule has 3 N–H and O–H groups in total. The summed E-state index contributed by atoms with van der Waals surface area (Å²) in [5.74, 6) is -0.171. The van der Waals surface area contributed by atoms with Crippen molar-refractivity contribution in [2.75, 3.05) is 13.2 Å². The van der Waals surface area contributed by atoms with E-state index in [9.17, 15) is 9.90 Å². The average Bonchev–Trinajstić information content (AvgIpc) is 2.48. The zero-order valence-corrected chi connectivity index (χ0v) is 6.68. The van der Waals surface area contributed by atoms with Crippen LogP contribution < -0.4 is 0 Å². The summed E-state index contributed by atoms with van der Waals surface area (Å²) in [7, 11) is 0. The van der Waals surface area contributed by atoms with Crippen molar-refractivity contribution in [1.82, 2.24) is 4.90 Å². The second-order valence-corrected chi connectivity index (χ2v) is 2.85. The number of hydrogen-bond donors (Lipinski definition) is 3. The number of hydrogen-bond acceptors (Lipinski definition) is 4. The van der Waals surface area contributed by atoms with Crippen LogP contribution in [0.25, 0.3) is 0 Å². The van der Waals surface area contributed by atoms with Crippen LogP contribution >= 0.6 is 0 Å². The molecule has 1 aliphatic rings. The highest BCUT2D eigenvalue weighted by Gasteiger charge is 2.30. The molecule has 2 unspecified atom stereocenters. The number of aliphatic hydroxyl groups is 3. The van der Waals surface area contributed by atoms with E-state index in [-0.39, 0.29) is 5.91 Å². The maximum atomic E-state index is 11.0. The molecule has 5 heteroatoms. The molecule has 2 atom stereocenters. The molecule has 0 aliphatic carbocycles. The Bertz CT molecular complexity index is 173. The Morgan fingerprint density at radius 2 is 2.17 bits per heavy atom. The van der Waals surface area contributed by atoms with Crippen LogP contribution in [0.15, 0.2) is 0 Å². The molecule has 70 valence electrons. The van der Waals surface area contributed by atoms with Gasteiger partial charge in [-0.05, 0) is 6.42 Å². The van der Waals surface area contributed by atoms with Gasteiger partial charge in [0.05, 0.1) is 6.61 Å². The second kappa shape index (κ2) is 3.84. The summed E-state index contributed by atoms with van der Waals surface area (Å²) >= 11 is 0. The van der Waals surface area contributed by atoms with Crippen molar-refractivity contribution < 1.29 is 20.1 Å². The standard InChI is InChI=1S/C7H13NO4/c9-4-5(10)7(12)8-3-1-2-6(8)11/h5,7,9-10,12H,1-4H2. The Hall–Kier alpha value is -0.650. The molecule has 1 amide bonds. The zero-order valence-electron chi connectivity index (χ0n) is 6.68. The Morgan fingerprint density at radius 1 is 1.50 bits per heavy atom. The number of aliphatic hydroxyl groups excluding tert-OH is 3. The van der Waals surface area contributed by atoms with Crippen LogP contribution in [0, 0.1) is 0 Å². The van der Waals surface area contributed by atoms with Crippen molar-refractivity contribution in [3.63, 3.8) is 0 Å². The first-order chi connectivity index (χ1) is 5.66. The Balaban J connectivity index is 2.51. The number of rotatable bonds is 3. The highest BCUT2D eigenvalue weighted by atomic mass is 16.4. The fourth-order valence-electron chi connectivity index (χ4n) is 1.25. The molecule has 12 heavy (non-hydrogen) atoms. The van der Waals surface area contributed by atoms with Crippen LogP contribution in [0.2, 0.25) is 0 Å². The summed E-state index contributed by atoms with van der Waals surface area (Å²) in [4.78, 5) is 12.2. The van der Waals surface area contributed by atoms with Gasteiger partial charge in [0, 0.05) is 13.0 Å². The van der Waals surface area contributed by atoms with Gasteiger partial charge in [-0.2, -0.15) is 0 Å². The SMILES string of the molecule is O=C1CCCN1C(O)C(O)CO. The minimum atomic E-state index is -1.26. The highest BCUT2D eigenvalue weighted by molar-refractivity contribution is 5.78. The maximum Gasteiger partial charge on any atom is 0.224 e. The van der Waals surface area contributed by atoms with Gasteiger partial charge in [0.15, 0.2) is 6.23 Å². The molecular weight excluding hydrogens is 162 g/mol. The predicted octanol–water partition coefficient (Wildman–Crippen LogP) is -1.72. The van der Waals surface area contributed by atoms with E-state index in [2.05, 4.69) is 0 Å². The molecule has 0 aromatic carbocycles. The van der Waals surface area contributed by atoms with Crippen LogP contribution in [0.5, 0.6) is 0 Å². The summed E-state index contributed by atoms with van der Waals surface area (Å²) in [5, 5.41) is 26.8. The van der Waals surface area contributed by atoms with Gasteiger partial charge in [-0.3, -0.25) is 4.79 Å². The van der Waals surface area contributed by atoms with E-state index >= 15 is 0 Å². The lowest BCUT2D eigenvalue weighted by molar-refractivity contribution is -0.147. The first-order valence-corrected chi connectivity index (χ1v) is 3.93. The average molecular weight is 175 g/mol. The number of nitrogens with zero attached hydrogens (tertiary/aromatic N) is 1. The van der Waals surface area contributed by atoms with Gasteiger partial charge >= 0.3 is 0 Å². The lowest BCUT2D eigenvalue weighted by Gasteiger charge is -2.25. The van der Waals surface area contributed by atoms with Gasteiger partial charge in [0.25, 0.3) is 0 Å². The van der Waals surface area contributed by atoms with Crippen LogP contribution in [-0.4, -0.2) is 51.6 Å². The predicted molar refractivity (Wildman–Crippen MR) is 40.0 cm³/mol.